The van der Waals surface area contributed by atoms with Crippen LogP contribution in [0.5, 0.6) is 5.75 Å². The molecule has 2 N–H and O–H groups in total. The molecule has 114 valence electrons. The third-order valence-corrected chi connectivity index (χ3v) is 4.26. The second-order valence-electron chi connectivity index (χ2n) is 6.00. The molecule has 2 rings (SSSR count). The molecule has 0 aromatic heterocycles. The van der Waals surface area contributed by atoms with Crippen molar-refractivity contribution in [2.45, 2.75) is 32.7 Å². The monoisotopic (exact) mass is 311 g/mol. The Morgan fingerprint density at radius 1 is 1.38 bits per heavy atom. The summed E-state index contributed by atoms with van der Waals surface area (Å²) >= 11 is 5.81. The Kier molecular flexibility index (Phi) is 4.14. The molecule has 6 heteroatoms. The number of rotatable bonds is 2. The number of hydrogen-bond acceptors (Lipinski definition) is 3. The molecule has 0 bridgehead atoms. The van der Waals surface area contributed by atoms with E-state index >= 15 is 0 Å². The fourth-order valence-electron chi connectivity index (χ4n) is 2.88. The zero-order valence-electron chi connectivity index (χ0n) is 12.0. The lowest BCUT2D eigenvalue weighted by molar-refractivity contribution is -0.148. The van der Waals surface area contributed by atoms with Gasteiger partial charge in [0.05, 0.1) is 5.02 Å². The average Bonchev–Trinajstić information content (AvgIpc) is 2.39. The third-order valence-electron chi connectivity index (χ3n) is 3.96. The molecule has 1 heterocycles. The van der Waals surface area contributed by atoms with Crippen molar-refractivity contribution in [2.75, 3.05) is 6.54 Å². The summed E-state index contributed by atoms with van der Waals surface area (Å²) in [6.45, 7) is 4.11. The third kappa shape index (κ3) is 2.97. The minimum atomic E-state index is -1.00. The van der Waals surface area contributed by atoms with Crippen LogP contribution in [0.1, 0.15) is 37.0 Å². The second-order valence-corrected chi connectivity index (χ2v) is 6.40. The molecule has 1 aliphatic heterocycles. The molecule has 1 aromatic carbocycles. The molecule has 0 radical (unpaired) electrons. The number of benzene rings is 1. The number of nitrogens with zero attached hydrogens (tertiary/aromatic N) is 1. The van der Waals surface area contributed by atoms with Crippen LogP contribution in [0.3, 0.4) is 0 Å². The summed E-state index contributed by atoms with van der Waals surface area (Å²) in [7, 11) is 0. The van der Waals surface area contributed by atoms with Gasteiger partial charge in [0, 0.05) is 12.1 Å². The van der Waals surface area contributed by atoms with Crippen LogP contribution in [-0.4, -0.2) is 39.6 Å². The van der Waals surface area contributed by atoms with Crippen LogP contribution in [0.4, 0.5) is 0 Å². The summed E-state index contributed by atoms with van der Waals surface area (Å²) in [6, 6.07) is 3.27. The summed E-state index contributed by atoms with van der Waals surface area (Å²) < 4.78 is 0. The summed E-state index contributed by atoms with van der Waals surface area (Å²) in [5.41, 5.74) is -0.206. The zero-order valence-corrected chi connectivity index (χ0v) is 12.7. The number of aromatic hydroxyl groups is 1. The predicted octanol–water partition coefficient (Wildman–Crippen LogP) is 2.76. The Labute approximate surface area is 128 Å². The van der Waals surface area contributed by atoms with Crippen molar-refractivity contribution in [3.05, 3.63) is 28.8 Å². The Balaban J connectivity index is 2.35. The number of phenols is 1. The second kappa shape index (κ2) is 5.56. The molecular formula is C15H18ClNO4. The predicted molar refractivity (Wildman–Crippen MR) is 78.6 cm³/mol. The van der Waals surface area contributed by atoms with E-state index in [9.17, 15) is 19.8 Å². The number of likely N-dealkylation sites (tertiary alicyclic amines) is 1. The number of aliphatic carboxylic acids is 1. The smallest absolute Gasteiger partial charge is 0.326 e. The molecule has 1 unspecified atom stereocenters. The highest BCUT2D eigenvalue weighted by Gasteiger charge is 2.44. The fraction of sp³-hybridized carbons (Fsp3) is 0.467. The van der Waals surface area contributed by atoms with Crippen molar-refractivity contribution >= 4 is 23.5 Å². The maximum Gasteiger partial charge on any atom is 0.326 e. The van der Waals surface area contributed by atoms with E-state index in [1.807, 2.05) is 13.8 Å². The normalized spacial score (nSPS) is 21.1. The van der Waals surface area contributed by atoms with Crippen LogP contribution in [0.2, 0.25) is 5.02 Å². The summed E-state index contributed by atoms with van der Waals surface area (Å²) in [4.78, 5) is 25.5. The Morgan fingerprint density at radius 3 is 2.62 bits per heavy atom. The lowest BCUT2D eigenvalue weighted by Gasteiger charge is -2.44. The van der Waals surface area contributed by atoms with E-state index in [0.717, 1.165) is 12.8 Å². The largest absolute Gasteiger partial charge is 0.506 e. The van der Waals surface area contributed by atoms with Gasteiger partial charge in [-0.05, 0) is 36.5 Å². The van der Waals surface area contributed by atoms with Crippen molar-refractivity contribution < 1.29 is 19.8 Å². The van der Waals surface area contributed by atoms with Gasteiger partial charge in [-0.2, -0.15) is 0 Å². The van der Waals surface area contributed by atoms with Crippen molar-refractivity contribution in [1.82, 2.24) is 4.90 Å². The highest BCUT2D eigenvalue weighted by atomic mass is 35.5. The van der Waals surface area contributed by atoms with E-state index in [1.165, 1.54) is 23.1 Å². The topological polar surface area (TPSA) is 77.8 Å². The van der Waals surface area contributed by atoms with Gasteiger partial charge in [0.25, 0.3) is 5.91 Å². The minimum Gasteiger partial charge on any atom is -0.506 e. The first kappa shape index (κ1) is 15.6. The lowest BCUT2D eigenvalue weighted by atomic mass is 9.76. The van der Waals surface area contributed by atoms with Crippen molar-refractivity contribution in [1.29, 1.82) is 0 Å². The number of carbonyl (C=O) groups excluding carboxylic acids is 1. The molecule has 0 spiro atoms. The SMILES string of the molecule is CC1(C)CCCN(C(=O)c2ccc(O)c(Cl)c2)C1C(=O)O. The molecule has 1 aromatic rings. The van der Waals surface area contributed by atoms with E-state index < -0.39 is 17.4 Å². The molecular weight excluding hydrogens is 294 g/mol. The van der Waals surface area contributed by atoms with Gasteiger partial charge >= 0.3 is 5.97 Å². The van der Waals surface area contributed by atoms with Crippen LogP contribution in [0.15, 0.2) is 18.2 Å². The van der Waals surface area contributed by atoms with E-state index in [4.69, 9.17) is 11.6 Å². The van der Waals surface area contributed by atoms with E-state index in [0.29, 0.717) is 6.54 Å². The van der Waals surface area contributed by atoms with Crippen LogP contribution in [0.25, 0.3) is 0 Å². The molecule has 1 amide bonds. The van der Waals surface area contributed by atoms with E-state index in [2.05, 4.69) is 0 Å². The average molecular weight is 312 g/mol. The number of hydrogen-bond donors (Lipinski definition) is 2. The molecule has 0 saturated carbocycles. The number of phenolic OH excluding ortho intramolecular Hbond substituents is 1. The number of piperidine rings is 1. The molecule has 1 atom stereocenters. The van der Waals surface area contributed by atoms with Gasteiger partial charge in [-0.3, -0.25) is 4.79 Å². The first-order valence-corrected chi connectivity index (χ1v) is 7.14. The Morgan fingerprint density at radius 2 is 2.05 bits per heavy atom. The number of halogens is 1. The number of carbonyl (C=O) groups is 2. The molecule has 5 nitrogen and oxygen atoms in total. The van der Waals surface area contributed by atoms with Gasteiger partial charge < -0.3 is 15.1 Å². The van der Waals surface area contributed by atoms with Crippen LogP contribution >= 0.6 is 11.6 Å². The molecule has 1 saturated heterocycles. The fourth-order valence-corrected chi connectivity index (χ4v) is 3.07. The molecule has 1 aliphatic rings. The van der Waals surface area contributed by atoms with Gasteiger partial charge in [0.2, 0.25) is 0 Å². The van der Waals surface area contributed by atoms with Gasteiger partial charge in [-0.1, -0.05) is 25.4 Å². The van der Waals surface area contributed by atoms with Crippen LogP contribution < -0.4 is 0 Å². The van der Waals surface area contributed by atoms with Crippen molar-refractivity contribution in [3.8, 4) is 5.75 Å². The highest BCUT2D eigenvalue weighted by molar-refractivity contribution is 6.32. The highest BCUT2D eigenvalue weighted by Crippen LogP contribution is 2.36. The van der Waals surface area contributed by atoms with Gasteiger partial charge in [0.1, 0.15) is 11.8 Å². The Bertz CT molecular complexity index is 585. The van der Waals surface area contributed by atoms with Crippen molar-refractivity contribution in [2.24, 2.45) is 5.41 Å². The van der Waals surface area contributed by atoms with Gasteiger partial charge in [0.15, 0.2) is 0 Å². The van der Waals surface area contributed by atoms with Gasteiger partial charge in [-0.25, -0.2) is 4.79 Å². The zero-order chi connectivity index (χ0) is 15.8. The summed E-state index contributed by atoms with van der Waals surface area (Å²) in [5.74, 6) is -1.49. The van der Waals surface area contributed by atoms with Crippen molar-refractivity contribution in [3.63, 3.8) is 0 Å². The first-order valence-electron chi connectivity index (χ1n) is 6.76. The quantitative estimate of drug-likeness (QED) is 0.880. The lowest BCUT2D eigenvalue weighted by Crippen LogP contribution is -2.56. The maximum absolute atomic E-state index is 12.6. The summed E-state index contributed by atoms with van der Waals surface area (Å²) in [5, 5.41) is 19.0. The number of carboxylic acid groups (broad SMARTS) is 1. The first-order chi connectivity index (χ1) is 9.74. The molecule has 0 aliphatic carbocycles. The van der Waals surface area contributed by atoms with Gasteiger partial charge in [-0.15, -0.1) is 0 Å². The number of carboxylic acids is 1. The Hall–Kier alpha value is -1.75. The van der Waals surface area contributed by atoms with Crippen LogP contribution in [-0.2, 0) is 4.79 Å². The standard InChI is InChI=1S/C15H18ClNO4/c1-15(2)6-3-7-17(12(15)14(20)21)13(19)9-4-5-11(18)10(16)8-9/h4-5,8,12,18H,3,6-7H2,1-2H3,(H,20,21). The van der Waals surface area contributed by atoms with E-state index in [1.54, 1.807) is 0 Å². The van der Waals surface area contributed by atoms with E-state index in [-0.39, 0.29) is 22.2 Å². The molecule has 21 heavy (non-hydrogen) atoms. The number of amides is 1. The minimum absolute atomic E-state index is 0.0731. The van der Waals surface area contributed by atoms with Crippen LogP contribution in [0, 0.1) is 5.41 Å². The molecule has 1 fully saturated rings. The maximum atomic E-state index is 12.6. The summed E-state index contributed by atoms with van der Waals surface area (Å²) in [6.07, 6.45) is 1.51.